The van der Waals surface area contributed by atoms with Crippen LogP contribution in [-0.4, -0.2) is 20.3 Å². The molecule has 1 N–H and O–H groups in total. The summed E-state index contributed by atoms with van der Waals surface area (Å²) in [7, 11) is 0. The smallest absolute Gasteiger partial charge is 0.283 e. The highest BCUT2D eigenvalue weighted by Gasteiger charge is 2.20. The summed E-state index contributed by atoms with van der Waals surface area (Å²) in [6, 6.07) is 12.2. The Morgan fingerprint density at radius 1 is 1.12 bits per heavy atom. The van der Waals surface area contributed by atoms with E-state index in [1.165, 1.54) is 28.5 Å². The average molecular weight is 481 g/mol. The number of furan rings is 2. The fourth-order valence-electron chi connectivity index (χ4n) is 3.36. The van der Waals surface area contributed by atoms with Crippen molar-refractivity contribution in [3.05, 3.63) is 104 Å². The quantitative estimate of drug-likeness (QED) is 0.353. The molecule has 0 aliphatic rings. The Bertz CT molecular complexity index is 1450. The first-order valence-corrected chi connectivity index (χ1v) is 11.1. The number of aromatic nitrogens is 3. The number of nitrogens with zero attached hydrogens (tertiary/aromatic N) is 3. The first-order chi connectivity index (χ1) is 16.1. The van der Waals surface area contributed by atoms with E-state index in [0.717, 1.165) is 10.4 Å². The molecule has 166 valence electrons. The molecule has 0 saturated heterocycles. The van der Waals surface area contributed by atoms with Crippen LogP contribution in [0.5, 0.6) is 0 Å². The van der Waals surface area contributed by atoms with Crippen LogP contribution in [-0.2, 0) is 13.1 Å². The second-order valence-corrected chi connectivity index (χ2v) is 8.99. The van der Waals surface area contributed by atoms with Crippen molar-refractivity contribution in [3.63, 3.8) is 0 Å². The lowest BCUT2D eigenvalue weighted by atomic mass is 10.2. The van der Waals surface area contributed by atoms with Gasteiger partial charge < -0.3 is 18.7 Å². The van der Waals surface area contributed by atoms with Gasteiger partial charge in [-0.15, -0.1) is 11.3 Å². The molecule has 5 rings (SSSR count). The monoisotopic (exact) mass is 480 g/mol. The lowest BCUT2D eigenvalue weighted by Gasteiger charge is -2.06. The van der Waals surface area contributed by atoms with Crippen LogP contribution in [0.15, 0.2) is 87.3 Å². The van der Waals surface area contributed by atoms with E-state index in [-0.39, 0.29) is 11.5 Å². The summed E-state index contributed by atoms with van der Waals surface area (Å²) in [5.74, 6) is 0.0710. The fraction of sp³-hybridized carbons (Fsp3) is 0.0870. The van der Waals surface area contributed by atoms with Crippen molar-refractivity contribution < 1.29 is 13.6 Å². The van der Waals surface area contributed by atoms with E-state index >= 15 is 0 Å². The van der Waals surface area contributed by atoms with E-state index in [1.54, 1.807) is 53.6 Å². The first kappa shape index (κ1) is 21.0. The van der Waals surface area contributed by atoms with Crippen LogP contribution in [0.1, 0.15) is 20.8 Å². The van der Waals surface area contributed by atoms with Gasteiger partial charge in [-0.05, 0) is 36.4 Å². The number of carbonyl (C=O) groups is 1. The van der Waals surface area contributed by atoms with Crippen LogP contribution < -0.4 is 10.9 Å². The van der Waals surface area contributed by atoms with Gasteiger partial charge in [-0.3, -0.25) is 9.59 Å². The lowest BCUT2D eigenvalue weighted by molar-refractivity contribution is 0.0947. The minimum atomic E-state index is -0.378. The van der Waals surface area contributed by atoms with Crippen molar-refractivity contribution >= 4 is 34.7 Å². The summed E-state index contributed by atoms with van der Waals surface area (Å²) >= 11 is 7.46. The lowest BCUT2D eigenvalue weighted by Crippen LogP contribution is -2.21. The number of hydrogen-bond acceptors (Lipinski definition) is 7. The molecule has 0 atom stereocenters. The van der Waals surface area contributed by atoms with Crippen LogP contribution in [0.25, 0.3) is 11.3 Å². The number of rotatable bonds is 7. The minimum absolute atomic E-state index is 0.226. The number of halogens is 1. The number of hydrogen-bond donors (Lipinski definition) is 1. The van der Waals surface area contributed by atoms with E-state index in [9.17, 15) is 9.59 Å². The van der Waals surface area contributed by atoms with Crippen LogP contribution in [0.4, 0.5) is 5.82 Å². The maximum absolute atomic E-state index is 13.1. The Labute approximate surface area is 196 Å². The van der Waals surface area contributed by atoms with Crippen LogP contribution >= 0.6 is 22.9 Å². The standard InChI is InChI=1S/C23H17ClN4O4S/c24-20-4-3-17(33-20)11-25-21-10-19(26-28(21)22(29)16-6-9-32-14-16)18-2-1-7-27(23(18)30)12-15-5-8-31-13-15/h1-10,13-14,25H,11-12H2. The van der Waals surface area contributed by atoms with Gasteiger partial charge in [0.2, 0.25) is 0 Å². The molecule has 5 aromatic rings. The van der Waals surface area contributed by atoms with Crippen LogP contribution in [0, 0.1) is 0 Å². The maximum Gasteiger partial charge on any atom is 0.283 e. The Kier molecular flexibility index (Phi) is 5.72. The van der Waals surface area contributed by atoms with Gasteiger partial charge in [-0.2, -0.15) is 9.78 Å². The molecule has 0 unspecified atom stereocenters. The molecule has 0 fully saturated rings. The van der Waals surface area contributed by atoms with Gasteiger partial charge in [0.1, 0.15) is 17.8 Å². The second kappa shape index (κ2) is 8.97. The third kappa shape index (κ3) is 4.41. The SMILES string of the molecule is O=C(c1ccoc1)n1nc(-c2cccn(Cc3ccoc3)c2=O)cc1NCc1ccc(Cl)s1. The molecule has 33 heavy (non-hydrogen) atoms. The predicted molar refractivity (Wildman–Crippen MR) is 125 cm³/mol. The second-order valence-electron chi connectivity index (χ2n) is 7.19. The van der Waals surface area contributed by atoms with Crippen molar-refractivity contribution in [2.75, 3.05) is 5.32 Å². The molecule has 0 saturated carbocycles. The number of pyridine rings is 1. The Balaban J connectivity index is 1.51. The summed E-state index contributed by atoms with van der Waals surface area (Å²) in [4.78, 5) is 27.2. The molecular formula is C23H17ClN4O4S. The zero-order chi connectivity index (χ0) is 22.8. The molecule has 0 amide bonds. The molecule has 0 bridgehead atoms. The highest BCUT2D eigenvalue weighted by molar-refractivity contribution is 7.16. The van der Waals surface area contributed by atoms with Gasteiger partial charge in [0.15, 0.2) is 0 Å². The molecule has 0 aliphatic heterocycles. The Morgan fingerprint density at radius 3 is 2.70 bits per heavy atom. The Hall–Kier alpha value is -3.82. The summed E-state index contributed by atoms with van der Waals surface area (Å²) in [5, 5.41) is 7.69. The third-order valence-corrected chi connectivity index (χ3v) is 6.20. The molecule has 0 aromatic carbocycles. The van der Waals surface area contributed by atoms with Crippen LogP contribution in [0.2, 0.25) is 4.34 Å². The van der Waals surface area contributed by atoms with Gasteiger partial charge in [-0.1, -0.05) is 11.6 Å². The zero-order valence-electron chi connectivity index (χ0n) is 17.1. The summed E-state index contributed by atoms with van der Waals surface area (Å²) in [5.41, 5.74) is 1.74. The maximum atomic E-state index is 13.1. The van der Waals surface area contributed by atoms with Gasteiger partial charge in [0.25, 0.3) is 11.5 Å². The van der Waals surface area contributed by atoms with Crippen LogP contribution in [0.3, 0.4) is 0 Å². The van der Waals surface area contributed by atoms with E-state index in [0.29, 0.717) is 40.1 Å². The molecule has 8 nitrogen and oxygen atoms in total. The Morgan fingerprint density at radius 2 is 1.97 bits per heavy atom. The first-order valence-electron chi connectivity index (χ1n) is 9.94. The van der Waals surface area contributed by atoms with Gasteiger partial charge in [0, 0.05) is 22.7 Å². The molecule has 5 heterocycles. The van der Waals surface area contributed by atoms with Crippen molar-refractivity contribution in [1.29, 1.82) is 0 Å². The summed E-state index contributed by atoms with van der Waals surface area (Å²) < 4.78 is 13.6. The number of anilines is 1. The van der Waals surface area contributed by atoms with Gasteiger partial charge in [0.05, 0.1) is 47.3 Å². The van der Waals surface area contributed by atoms with E-state index in [1.807, 2.05) is 12.1 Å². The molecule has 10 heteroatoms. The molecule has 0 spiro atoms. The molecule has 0 radical (unpaired) electrons. The van der Waals surface area contributed by atoms with Gasteiger partial charge in [-0.25, -0.2) is 0 Å². The van der Waals surface area contributed by atoms with E-state index in [4.69, 9.17) is 20.4 Å². The molecule has 0 aliphatic carbocycles. The van der Waals surface area contributed by atoms with Crippen molar-refractivity contribution in [1.82, 2.24) is 14.3 Å². The summed E-state index contributed by atoms with van der Waals surface area (Å²) in [6.07, 6.45) is 7.63. The zero-order valence-corrected chi connectivity index (χ0v) is 18.7. The van der Waals surface area contributed by atoms with Crippen molar-refractivity contribution in [3.8, 4) is 11.3 Å². The van der Waals surface area contributed by atoms with Crippen molar-refractivity contribution in [2.24, 2.45) is 0 Å². The number of carbonyl (C=O) groups excluding carboxylic acids is 1. The molecule has 5 aromatic heterocycles. The van der Waals surface area contributed by atoms with E-state index in [2.05, 4.69) is 10.4 Å². The largest absolute Gasteiger partial charge is 0.472 e. The third-order valence-electron chi connectivity index (χ3n) is 4.97. The summed E-state index contributed by atoms with van der Waals surface area (Å²) in [6.45, 7) is 0.808. The fourth-order valence-corrected chi connectivity index (χ4v) is 4.39. The topological polar surface area (TPSA) is 95.2 Å². The van der Waals surface area contributed by atoms with Gasteiger partial charge >= 0.3 is 0 Å². The van der Waals surface area contributed by atoms with E-state index < -0.39 is 0 Å². The molecular weight excluding hydrogens is 464 g/mol. The highest BCUT2D eigenvalue weighted by Crippen LogP contribution is 2.25. The normalized spacial score (nSPS) is 11.1. The van der Waals surface area contributed by atoms with Crippen molar-refractivity contribution in [2.45, 2.75) is 13.1 Å². The minimum Gasteiger partial charge on any atom is -0.472 e. The number of thiophene rings is 1. The number of nitrogens with one attached hydrogen (secondary N) is 1. The average Bonchev–Trinajstić information content (AvgIpc) is 3.61. The predicted octanol–water partition coefficient (Wildman–Crippen LogP) is 4.96. The highest BCUT2D eigenvalue weighted by atomic mass is 35.5.